The van der Waals surface area contributed by atoms with E-state index in [4.69, 9.17) is 11.6 Å². The average molecular weight is 295 g/mol. The number of benzene rings is 1. The number of hydrogen-bond donors (Lipinski definition) is 0. The Morgan fingerprint density at radius 2 is 1.90 bits per heavy atom. The molecule has 4 heteroatoms. The number of likely N-dealkylation sites (tertiary alicyclic amines) is 1. The molecule has 0 aliphatic carbocycles. The molecule has 110 valence electrons. The van der Waals surface area contributed by atoms with Crippen LogP contribution < -0.4 is 0 Å². The summed E-state index contributed by atoms with van der Waals surface area (Å²) in [6, 6.07) is 7.89. The zero-order valence-electron chi connectivity index (χ0n) is 12.3. The number of rotatable bonds is 2. The fourth-order valence-electron chi connectivity index (χ4n) is 2.64. The molecule has 0 spiro atoms. The Kier molecular flexibility index (Phi) is 5.30. The minimum atomic E-state index is 0.0319. The van der Waals surface area contributed by atoms with Crippen molar-refractivity contribution in [3.05, 3.63) is 34.9 Å². The summed E-state index contributed by atoms with van der Waals surface area (Å²) in [4.78, 5) is 16.4. The predicted molar refractivity (Wildman–Crippen MR) is 83.1 cm³/mol. The number of carbonyl (C=O) groups excluding carboxylic acids is 1. The van der Waals surface area contributed by atoms with E-state index < -0.39 is 0 Å². The van der Waals surface area contributed by atoms with Crippen molar-refractivity contribution in [2.45, 2.75) is 38.6 Å². The van der Waals surface area contributed by atoms with Gasteiger partial charge in [-0.05, 0) is 37.5 Å². The van der Waals surface area contributed by atoms with Crippen LogP contribution in [0.5, 0.6) is 0 Å². The highest BCUT2D eigenvalue weighted by Crippen LogP contribution is 2.23. The van der Waals surface area contributed by atoms with Crippen LogP contribution in [0.3, 0.4) is 0 Å². The largest absolute Gasteiger partial charge is 0.325 e. The van der Waals surface area contributed by atoms with Gasteiger partial charge in [-0.3, -0.25) is 0 Å². The van der Waals surface area contributed by atoms with Gasteiger partial charge in [-0.25, -0.2) is 4.79 Å². The summed E-state index contributed by atoms with van der Waals surface area (Å²) in [5.41, 5.74) is 1.07. The molecule has 3 nitrogen and oxygen atoms in total. The van der Waals surface area contributed by atoms with Gasteiger partial charge in [-0.15, -0.1) is 0 Å². The van der Waals surface area contributed by atoms with Crippen LogP contribution in [-0.2, 0) is 0 Å². The van der Waals surface area contributed by atoms with Crippen LogP contribution in [-0.4, -0.2) is 36.0 Å². The third kappa shape index (κ3) is 3.66. The lowest BCUT2D eigenvalue weighted by atomic mass is 10.1. The van der Waals surface area contributed by atoms with Crippen molar-refractivity contribution in [1.82, 2.24) is 9.80 Å². The standard InChI is InChI=1S/C16H23ClN2O/c1-13(14-8-7-9-15(17)12-14)18(2)16(20)19-10-5-3-4-6-11-19/h7-9,12-13H,3-6,10-11H2,1-2H3. The Bertz CT molecular complexity index is 456. The van der Waals surface area contributed by atoms with Crippen molar-refractivity contribution in [3.63, 3.8) is 0 Å². The van der Waals surface area contributed by atoms with Gasteiger partial charge >= 0.3 is 6.03 Å². The summed E-state index contributed by atoms with van der Waals surface area (Å²) >= 11 is 6.03. The normalized spacial score (nSPS) is 17.4. The quantitative estimate of drug-likeness (QED) is 0.796. The van der Waals surface area contributed by atoms with Crippen molar-refractivity contribution in [2.75, 3.05) is 20.1 Å². The summed E-state index contributed by atoms with van der Waals surface area (Å²) in [6.45, 7) is 3.80. The van der Waals surface area contributed by atoms with Crippen molar-refractivity contribution < 1.29 is 4.79 Å². The van der Waals surface area contributed by atoms with Gasteiger partial charge in [0.1, 0.15) is 0 Å². The molecule has 2 rings (SSSR count). The molecule has 0 aromatic heterocycles. The van der Waals surface area contributed by atoms with E-state index in [0.717, 1.165) is 31.5 Å². The lowest BCUT2D eigenvalue weighted by molar-refractivity contribution is 0.151. The summed E-state index contributed by atoms with van der Waals surface area (Å²) in [5.74, 6) is 0. The lowest BCUT2D eigenvalue weighted by Crippen LogP contribution is -2.42. The Morgan fingerprint density at radius 3 is 2.50 bits per heavy atom. The monoisotopic (exact) mass is 294 g/mol. The van der Waals surface area contributed by atoms with Crippen LogP contribution in [0.1, 0.15) is 44.2 Å². The second kappa shape index (κ2) is 6.98. The molecule has 20 heavy (non-hydrogen) atoms. The summed E-state index contributed by atoms with van der Waals surface area (Å²) in [6.07, 6.45) is 4.70. The number of hydrogen-bond acceptors (Lipinski definition) is 1. The van der Waals surface area contributed by atoms with Crippen molar-refractivity contribution in [2.24, 2.45) is 0 Å². The highest BCUT2D eigenvalue weighted by molar-refractivity contribution is 6.30. The van der Waals surface area contributed by atoms with E-state index in [1.54, 1.807) is 0 Å². The number of nitrogens with zero attached hydrogens (tertiary/aromatic N) is 2. The summed E-state index contributed by atoms with van der Waals surface area (Å²) in [5, 5.41) is 0.713. The van der Waals surface area contributed by atoms with E-state index in [0.29, 0.717) is 5.02 Å². The highest BCUT2D eigenvalue weighted by Gasteiger charge is 2.23. The second-order valence-corrected chi connectivity index (χ2v) is 5.96. The van der Waals surface area contributed by atoms with Crippen LogP contribution in [0.15, 0.2) is 24.3 Å². The van der Waals surface area contributed by atoms with E-state index in [1.165, 1.54) is 12.8 Å². The van der Waals surface area contributed by atoms with Gasteiger partial charge in [-0.2, -0.15) is 0 Å². The SMILES string of the molecule is CC(c1cccc(Cl)c1)N(C)C(=O)N1CCCCCC1. The van der Waals surface area contributed by atoms with Crippen LogP contribution in [0.25, 0.3) is 0 Å². The maximum Gasteiger partial charge on any atom is 0.320 e. The molecular formula is C16H23ClN2O. The van der Waals surface area contributed by atoms with Crippen molar-refractivity contribution >= 4 is 17.6 Å². The molecule has 0 N–H and O–H groups in total. The average Bonchev–Trinajstić information content (AvgIpc) is 2.74. The highest BCUT2D eigenvalue weighted by atomic mass is 35.5. The number of halogens is 1. The third-order valence-corrected chi connectivity index (χ3v) is 4.33. The smallest absolute Gasteiger partial charge is 0.320 e. The van der Waals surface area contributed by atoms with E-state index in [-0.39, 0.29) is 12.1 Å². The molecule has 2 amide bonds. The molecule has 0 saturated carbocycles. The Balaban J connectivity index is 2.05. The Hall–Kier alpha value is -1.22. The molecule has 1 atom stereocenters. The van der Waals surface area contributed by atoms with Crippen LogP contribution in [0.4, 0.5) is 4.79 Å². The first-order valence-electron chi connectivity index (χ1n) is 7.37. The summed E-state index contributed by atoms with van der Waals surface area (Å²) in [7, 11) is 1.87. The molecular weight excluding hydrogens is 272 g/mol. The minimum Gasteiger partial charge on any atom is -0.325 e. The molecule has 1 aliphatic rings. The van der Waals surface area contributed by atoms with Gasteiger partial charge < -0.3 is 9.80 Å². The number of amides is 2. The zero-order valence-corrected chi connectivity index (χ0v) is 13.1. The van der Waals surface area contributed by atoms with Crippen molar-refractivity contribution in [3.8, 4) is 0 Å². The molecule has 1 heterocycles. The van der Waals surface area contributed by atoms with E-state index in [2.05, 4.69) is 0 Å². The third-order valence-electron chi connectivity index (χ3n) is 4.09. The first kappa shape index (κ1) is 15.2. The minimum absolute atomic E-state index is 0.0319. The van der Waals surface area contributed by atoms with Gasteiger partial charge in [0.05, 0.1) is 6.04 Å². The lowest BCUT2D eigenvalue weighted by Gasteiger charge is -2.31. The van der Waals surface area contributed by atoms with Crippen LogP contribution >= 0.6 is 11.6 Å². The Labute approximate surface area is 126 Å². The molecule has 1 aromatic carbocycles. The number of urea groups is 1. The molecule has 1 aliphatic heterocycles. The molecule has 1 aromatic rings. The molecule has 1 fully saturated rings. The molecule has 1 unspecified atom stereocenters. The molecule has 0 radical (unpaired) electrons. The van der Waals surface area contributed by atoms with Gasteiger partial charge in [0, 0.05) is 25.2 Å². The zero-order chi connectivity index (χ0) is 14.5. The van der Waals surface area contributed by atoms with Gasteiger partial charge in [0.15, 0.2) is 0 Å². The molecule has 1 saturated heterocycles. The summed E-state index contributed by atoms with van der Waals surface area (Å²) < 4.78 is 0. The van der Waals surface area contributed by atoms with Crippen LogP contribution in [0.2, 0.25) is 5.02 Å². The first-order chi connectivity index (χ1) is 9.59. The second-order valence-electron chi connectivity index (χ2n) is 5.53. The fourth-order valence-corrected chi connectivity index (χ4v) is 2.84. The first-order valence-corrected chi connectivity index (χ1v) is 7.74. The van der Waals surface area contributed by atoms with Gasteiger partial charge in [0.25, 0.3) is 0 Å². The van der Waals surface area contributed by atoms with Crippen molar-refractivity contribution in [1.29, 1.82) is 0 Å². The molecule has 0 bridgehead atoms. The Morgan fingerprint density at radius 1 is 1.25 bits per heavy atom. The van der Waals surface area contributed by atoms with Gasteiger partial charge in [0.2, 0.25) is 0 Å². The van der Waals surface area contributed by atoms with Gasteiger partial charge in [-0.1, -0.05) is 36.6 Å². The van der Waals surface area contributed by atoms with Crippen LogP contribution in [0, 0.1) is 0 Å². The van der Waals surface area contributed by atoms with E-state index in [9.17, 15) is 4.79 Å². The maximum atomic E-state index is 12.6. The maximum absolute atomic E-state index is 12.6. The fraction of sp³-hybridized carbons (Fsp3) is 0.562. The van der Waals surface area contributed by atoms with E-state index >= 15 is 0 Å². The van der Waals surface area contributed by atoms with E-state index in [1.807, 2.05) is 48.0 Å². The predicted octanol–water partition coefficient (Wildman–Crippen LogP) is 4.33. The number of carbonyl (C=O) groups is 1. The topological polar surface area (TPSA) is 23.6 Å².